The summed E-state index contributed by atoms with van der Waals surface area (Å²) in [6.07, 6.45) is 3.90. The van der Waals surface area contributed by atoms with Crippen LogP contribution in [-0.4, -0.2) is 20.8 Å². The molecule has 1 atom stereocenters. The van der Waals surface area contributed by atoms with Gasteiger partial charge in [-0.25, -0.2) is 9.67 Å². The van der Waals surface area contributed by atoms with Crippen molar-refractivity contribution in [1.29, 1.82) is 0 Å². The molecule has 0 aliphatic carbocycles. The van der Waals surface area contributed by atoms with Gasteiger partial charge in [-0.15, -0.1) is 0 Å². The van der Waals surface area contributed by atoms with Crippen molar-refractivity contribution in [1.82, 2.24) is 14.8 Å². The highest BCUT2D eigenvalue weighted by molar-refractivity contribution is 6.31. The second-order valence-corrected chi connectivity index (χ2v) is 4.20. The van der Waals surface area contributed by atoms with Crippen LogP contribution in [0, 0.1) is 0 Å². The SMILES string of the molecule is CC(N)Cc1ccc(-n2cncn2)cc1Cl. The number of nitrogens with two attached hydrogens (primary N) is 1. The zero-order valence-corrected chi connectivity index (χ0v) is 9.72. The Morgan fingerprint density at radius 2 is 2.31 bits per heavy atom. The summed E-state index contributed by atoms with van der Waals surface area (Å²) in [4.78, 5) is 3.89. The summed E-state index contributed by atoms with van der Waals surface area (Å²) < 4.78 is 1.67. The molecule has 84 valence electrons. The molecule has 0 radical (unpaired) electrons. The summed E-state index contributed by atoms with van der Waals surface area (Å²) in [6.45, 7) is 1.96. The molecule has 1 heterocycles. The Morgan fingerprint density at radius 1 is 1.50 bits per heavy atom. The second kappa shape index (κ2) is 4.63. The molecule has 1 unspecified atom stereocenters. The third-order valence-electron chi connectivity index (χ3n) is 2.26. The molecule has 4 nitrogen and oxygen atoms in total. The van der Waals surface area contributed by atoms with Crippen molar-refractivity contribution in [2.75, 3.05) is 0 Å². The summed E-state index contributed by atoms with van der Waals surface area (Å²) in [7, 11) is 0. The fraction of sp³-hybridized carbons (Fsp3) is 0.273. The smallest absolute Gasteiger partial charge is 0.138 e. The largest absolute Gasteiger partial charge is 0.328 e. The first-order valence-electron chi connectivity index (χ1n) is 5.06. The van der Waals surface area contributed by atoms with Crippen molar-refractivity contribution in [3.05, 3.63) is 41.4 Å². The van der Waals surface area contributed by atoms with Crippen molar-refractivity contribution in [3.8, 4) is 5.69 Å². The van der Waals surface area contributed by atoms with Gasteiger partial charge in [0, 0.05) is 11.1 Å². The summed E-state index contributed by atoms with van der Waals surface area (Å²) in [5, 5.41) is 4.75. The van der Waals surface area contributed by atoms with E-state index in [-0.39, 0.29) is 6.04 Å². The normalized spacial score (nSPS) is 12.7. The second-order valence-electron chi connectivity index (χ2n) is 3.80. The van der Waals surface area contributed by atoms with E-state index in [4.69, 9.17) is 17.3 Å². The maximum Gasteiger partial charge on any atom is 0.138 e. The van der Waals surface area contributed by atoms with Gasteiger partial charge in [0.1, 0.15) is 12.7 Å². The van der Waals surface area contributed by atoms with Crippen LogP contribution < -0.4 is 5.73 Å². The Bertz CT molecular complexity index is 465. The number of aromatic nitrogens is 3. The Labute approximate surface area is 99.1 Å². The number of hydrogen-bond donors (Lipinski definition) is 1. The maximum atomic E-state index is 6.17. The van der Waals surface area contributed by atoms with Crippen LogP contribution in [0.1, 0.15) is 12.5 Å². The van der Waals surface area contributed by atoms with E-state index >= 15 is 0 Å². The van der Waals surface area contributed by atoms with Crippen LogP contribution in [0.4, 0.5) is 0 Å². The number of nitrogens with zero attached hydrogens (tertiary/aromatic N) is 3. The lowest BCUT2D eigenvalue weighted by Gasteiger charge is -2.09. The third kappa shape index (κ3) is 2.40. The van der Waals surface area contributed by atoms with E-state index in [9.17, 15) is 0 Å². The first-order chi connectivity index (χ1) is 7.66. The molecular formula is C11H13ClN4. The Kier molecular flexibility index (Phi) is 3.22. The standard InChI is InChI=1S/C11H13ClN4/c1-8(13)4-9-2-3-10(5-11(9)12)16-7-14-6-15-16/h2-3,5-8H,4,13H2,1H3. The van der Waals surface area contributed by atoms with Gasteiger partial charge in [-0.1, -0.05) is 17.7 Å². The lowest BCUT2D eigenvalue weighted by Crippen LogP contribution is -2.18. The molecule has 0 aliphatic heterocycles. The van der Waals surface area contributed by atoms with Gasteiger partial charge in [0.15, 0.2) is 0 Å². The lowest BCUT2D eigenvalue weighted by atomic mass is 10.1. The Balaban J connectivity index is 2.29. The molecule has 0 bridgehead atoms. The minimum Gasteiger partial charge on any atom is -0.328 e. The van der Waals surface area contributed by atoms with Gasteiger partial charge >= 0.3 is 0 Å². The van der Waals surface area contributed by atoms with Gasteiger partial charge in [-0.3, -0.25) is 0 Å². The van der Waals surface area contributed by atoms with Crippen LogP contribution in [0.3, 0.4) is 0 Å². The minimum absolute atomic E-state index is 0.106. The van der Waals surface area contributed by atoms with Crippen LogP contribution in [0.25, 0.3) is 5.69 Å². The Morgan fingerprint density at radius 3 is 2.88 bits per heavy atom. The van der Waals surface area contributed by atoms with Crippen LogP contribution >= 0.6 is 11.6 Å². The molecule has 0 saturated heterocycles. The molecule has 0 aliphatic rings. The van der Waals surface area contributed by atoms with Crippen molar-refractivity contribution < 1.29 is 0 Å². The van der Waals surface area contributed by atoms with Gasteiger partial charge in [-0.05, 0) is 31.0 Å². The zero-order chi connectivity index (χ0) is 11.5. The first kappa shape index (κ1) is 11.1. The quantitative estimate of drug-likeness (QED) is 0.884. The van der Waals surface area contributed by atoms with Crippen LogP contribution in [0.5, 0.6) is 0 Å². The molecule has 1 aromatic heterocycles. The summed E-state index contributed by atoms with van der Waals surface area (Å²) in [6, 6.07) is 5.91. The predicted octanol–water partition coefficient (Wildman–Crippen LogP) is 1.81. The molecule has 0 amide bonds. The highest BCUT2D eigenvalue weighted by Crippen LogP contribution is 2.20. The van der Waals surface area contributed by atoms with Crippen LogP contribution in [0.2, 0.25) is 5.02 Å². The number of benzene rings is 1. The number of hydrogen-bond acceptors (Lipinski definition) is 3. The fourth-order valence-corrected chi connectivity index (χ4v) is 1.78. The highest BCUT2D eigenvalue weighted by Gasteiger charge is 2.05. The molecule has 1 aromatic carbocycles. The molecule has 2 N–H and O–H groups in total. The van der Waals surface area contributed by atoms with Crippen molar-refractivity contribution in [2.45, 2.75) is 19.4 Å². The topological polar surface area (TPSA) is 56.7 Å². The minimum atomic E-state index is 0.106. The predicted molar refractivity (Wildman–Crippen MR) is 63.7 cm³/mol. The summed E-state index contributed by atoms with van der Waals surface area (Å²) in [5.74, 6) is 0. The first-order valence-corrected chi connectivity index (χ1v) is 5.43. The summed E-state index contributed by atoms with van der Waals surface area (Å²) in [5.41, 5.74) is 7.69. The van der Waals surface area contributed by atoms with Gasteiger partial charge < -0.3 is 5.73 Å². The molecule has 0 saturated carbocycles. The van der Waals surface area contributed by atoms with E-state index in [1.807, 2.05) is 25.1 Å². The fourth-order valence-electron chi connectivity index (χ4n) is 1.53. The molecule has 0 fully saturated rings. The molecule has 2 aromatic rings. The molecule has 0 spiro atoms. The Hall–Kier alpha value is -1.39. The number of halogens is 1. The summed E-state index contributed by atoms with van der Waals surface area (Å²) >= 11 is 6.17. The molecular weight excluding hydrogens is 224 g/mol. The van der Waals surface area contributed by atoms with E-state index in [2.05, 4.69) is 10.1 Å². The van der Waals surface area contributed by atoms with Crippen molar-refractivity contribution in [2.24, 2.45) is 5.73 Å². The van der Waals surface area contributed by atoms with E-state index in [1.54, 1.807) is 11.0 Å². The number of rotatable bonds is 3. The average Bonchev–Trinajstić information content (AvgIpc) is 2.73. The third-order valence-corrected chi connectivity index (χ3v) is 2.61. The molecule has 2 rings (SSSR count). The van der Waals surface area contributed by atoms with E-state index < -0.39 is 0 Å². The van der Waals surface area contributed by atoms with Gasteiger partial charge in [0.05, 0.1) is 5.69 Å². The van der Waals surface area contributed by atoms with E-state index in [0.29, 0.717) is 5.02 Å². The van der Waals surface area contributed by atoms with Gasteiger partial charge in [0.2, 0.25) is 0 Å². The van der Waals surface area contributed by atoms with Gasteiger partial charge in [0.25, 0.3) is 0 Å². The van der Waals surface area contributed by atoms with E-state index in [0.717, 1.165) is 17.7 Å². The molecule has 16 heavy (non-hydrogen) atoms. The van der Waals surface area contributed by atoms with Crippen LogP contribution in [0.15, 0.2) is 30.9 Å². The highest BCUT2D eigenvalue weighted by atomic mass is 35.5. The van der Waals surface area contributed by atoms with Crippen LogP contribution in [-0.2, 0) is 6.42 Å². The zero-order valence-electron chi connectivity index (χ0n) is 8.97. The average molecular weight is 237 g/mol. The van der Waals surface area contributed by atoms with Crippen molar-refractivity contribution >= 4 is 11.6 Å². The lowest BCUT2D eigenvalue weighted by molar-refractivity contribution is 0.737. The maximum absolute atomic E-state index is 6.17. The van der Waals surface area contributed by atoms with Gasteiger partial charge in [-0.2, -0.15) is 5.10 Å². The van der Waals surface area contributed by atoms with E-state index in [1.165, 1.54) is 6.33 Å². The molecule has 5 heteroatoms. The monoisotopic (exact) mass is 236 g/mol. The van der Waals surface area contributed by atoms with Crippen molar-refractivity contribution in [3.63, 3.8) is 0 Å².